The van der Waals surface area contributed by atoms with E-state index in [4.69, 9.17) is 15.2 Å². The first-order chi connectivity index (χ1) is 17.4. The maximum absolute atomic E-state index is 11.8. The van der Waals surface area contributed by atoms with Gasteiger partial charge in [-0.05, 0) is 60.4 Å². The first-order valence-corrected chi connectivity index (χ1v) is 12.2. The number of nitrogens with one attached hydrogen (secondary N) is 3. The van der Waals surface area contributed by atoms with Gasteiger partial charge in [0.1, 0.15) is 23.0 Å². The summed E-state index contributed by atoms with van der Waals surface area (Å²) in [6, 6.07) is 20.5. The van der Waals surface area contributed by atoms with Crippen molar-refractivity contribution in [1.29, 1.82) is 0 Å². The molecule has 8 heteroatoms. The van der Waals surface area contributed by atoms with Gasteiger partial charge in [-0.15, -0.1) is 0 Å². The Balaban J connectivity index is 1.07. The molecule has 2 atom stereocenters. The molecule has 2 aliphatic heterocycles. The molecule has 0 saturated heterocycles. The number of amidine groups is 1. The van der Waals surface area contributed by atoms with Crippen molar-refractivity contribution in [2.75, 3.05) is 5.32 Å². The predicted molar refractivity (Wildman–Crippen MR) is 141 cm³/mol. The molecule has 5 rings (SSSR count). The molecular weight excluding hydrogens is 454 g/mol. The first-order valence-electron chi connectivity index (χ1n) is 12.2. The van der Waals surface area contributed by atoms with Crippen LogP contribution in [-0.4, -0.2) is 24.0 Å². The number of hydrogen-bond donors (Lipinski definition) is 4. The smallest absolute Gasteiger partial charge is 0.265 e. The van der Waals surface area contributed by atoms with Crippen molar-refractivity contribution in [3.63, 3.8) is 0 Å². The minimum Gasteiger partial charge on any atom is -0.481 e. The third-order valence-corrected chi connectivity index (χ3v) is 6.31. The maximum Gasteiger partial charge on any atom is 0.265 e. The van der Waals surface area contributed by atoms with E-state index >= 15 is 0 Å². The van der Waals surface area contributed by atoms with E-state index < -0.39 is 6.10 Å². The van der Waals surface area contributed by atoms with Crippen molar-refractivity contribution in [3.05, 3.63) is 82.9 Å². The van der Waals surface area contributed by atoms with E-state index in [0.717, 1.165) is 47.9 Å². The number of benzene rings is 3. The fourth-order valence-electron chi connectivity index (χ4n) is 4.18. The predicted octanol–water partition coefficient (Wildman–Crippen LogP) is 3.76. The Morgan fingerprint density at radius 3 is 1.97 bits per heavy atom. The van der Waals surface area contributed by atoms with Gasteiger partial charge in [-0.25, -0.2) is 4.99 Å². The minimum atomic E-state index is -0.461. The number of carbonyl (C=O) groups excluding carboxylic acids is 1. The Morgan fingerprint density at radius 2 is 1.31 bits per heavy atom. The summed E-state index contributed by atoms with van der Waals surface area (Å²) in [5.41, 5.74) is 12.1. The molecule has 2 aliphatic rings. The van der Waals surface area contributed by atoms with E-state index in [-0.39, 0.29) is 12.0 Å². The van der Waals surface area contributed by atoms with Gasteiger partial charge >= 0.3 is 0 Å². The van der Waals surface area contributed by atoms with Crippen molar-refractivity contribution in [3.8, 4) is 11.5 Å². The summed E-state index contributed by atoms with van der Waals surface area (Å²) in [5, 5.41) is 9.84. The number of anilines is 1. The second kappa shape index (κ2) is 10.4. The summed E-state index contributed by atoms with van der Waals surface area (Å²) < 4.78 is 11.4. The molecule has 186 valence electrons. The van der Waals surface area contributed by atoms with Crippen molar-refractivity contribution in [1.82, 2.24) is 10.6 Å². The van der Waals surface area contributed by atoms with Crippen LogP contribution in [0.2, 0.25) is 0 Å². The Hall–Kier alpha value is -3.88. The molecule has 0 aliphatic carbocycles. The lowest BCUT2D eigenvalue weighted by Crippen LogP contribution is -2.34. The lowest BCUT2D eigenvalue weighted by Gasteiger charge is -2.23. The van der Waals surface area contributed by atoms with Gasteiger partial charge in [0, 0.05) is 26.2 Å². The molecule has 1 amide bonds. The lowest BCUT2D eigenvalue weighted by molar-refractivity contribution is -0.122. The molecule has 2 heterocycles. The molecule has 5 N–H and O–H groups in total. The molecule has 8 nitrogen and oxygen atoms in total. The van der Waals surface area contributed by atoms with Crippen LogP contribution in [0.1, 0.15) is 36.1 Å². The van der Waals surface area contributed by atoms with Crippen LogP contribution in [0.25, 0.3) is 0 Å². The molecule has 2 unspecified atom stereocenters. The topological polar surface area (TPSA) is 110 Å². The first kappa shape index (κ1) is 23.8. The Labute approximate surface area is 210 Å². The third-order valence-electron chi connectivity index (χ3n) is 6.31. The summed E-state index contributed by atoms with van der Waals surface area (Å²) in [6.07, 6.45) is -0.649. The molecule has 0 spiro atoms. The Kier molecular flexibility index (Phi) is 6.88. The number of nitrogens with zero attached hydrogens (tertiary/aromatic N) is 1. The lowest BCUT2D eigenvalue weighted by atomic mass is 10.1. The van der Waals surface area contributed by atoms with E-state index in [2.05, 4.69) is 45.2 Å². The second-order valence-electron chi connectivity index (χ2n) is 9.20. The highest BCUT2D eigenvalue weighted by Gasteiger charge is 2.23. The standard InChI is InChI=1S/C28H31N5O3/c1-17-27(29)32-23-11-21(7-9-25(23)35-17)15-30-13-19-3-5-20(6-4-19)14-31-16-22-8-10-26-24(12-22)33-28(34)18(2)36-26/h3-12,17-18,30-31H,13-16H2,1-2H3,(H2,29,32)(H,33,34). The Morgan fingerprint density at radius 1 is 0.778 bits per heavy atom. The number of rotatable bonds is 8. The number of nitrogens with two attached hydrogens (primary N) is 1. The minimum absolute atomic E-state index is 0.117. The average Bonchev–Trinajstić information content (AvgIpc) is 2.87. The van der Waals surface area contributed by atoms with Crippen LogP contribution in [-0.2, 0) is 31.0 Å². The summed E-state index contributed by atoms with van der Waals surface area (Å²) >= 11 is 0. The molecular formula is C28H31N5O3. The number of fused-ring (bicyclic) bond motifs is 2. The summed E-state index contributed by atoms with van der Waals surface area (Å²) in [7, 11) is 0. The highest BCUT2D eigenvalue weighted by Crippen LogP contribution is 2.33. The fourth-order valence-corrected chi connectivity index (χ4v) is 4.18. The van der Waals surface area contributed by atoms with E-state index in [0.29, 0.717) is 18.1 Å². The van der Waals surface area contributed by atoms with Crippen molar-refractivity contribution >= 4 is 23.1 Å². The molecule has 0 bridgehead atoms. The number of hydrogen-bond acceptors (Lipinski definition) is 7. The molecule has 0 radical (unpaired) electrons. The summed E-state index contributed by atoms with van der Waals surface area (Å²) in [6.45, 7) is 6.59. The van der Waals surface area contributed by atoms with Crippen LogP contribution in [0.15, 0.2) is 65.7 Å². The van der Waals surface area contributed by atoms with Crippen LogP contribution >= 0.6 is 0 Å². The quantitative estimate of drug-likeness (QED) is 0.387. The second-order valence-corrected chi connectivity index (χ2v) is 9.20. The van der Waals surface area contributed by atoms with Crippen molar-refractivity contribution in [2.45, 2.75) is 52.2 Å². The molecule has 0 fully saturated rings. The largest absolute Gasteiger partial charge is 0.481 e. The van der Waals surface area contributed by atoms with Crippen LogP contribution in [0, 0.1) is 0 Å². The van der Waals surface area contributed by atoms with Gasteiger partial charge in [-0.3, -0.25) is 4.79 Å². The number of ether oxygens (including phenoxy) is 2. The van der Waals surface area contributed by atoms with Gasteiger partial charge < -0.3 is 31.2 Å². The number of carbonyl (C=O) groups is 1. The summed E-state index contributed by atoms with van der Waals surface area (Å²) in [5.74, 6) is 1.87. The van der Waals surface area contributed by atoms with Gasteiger partial charge in [0.15, 0.2) is 12.2 Å². The molecule has 0 aromatic heterocycles. The van der Waals surface area contributed by atoms with Gasteiger partial charge in [0.05, 0.1) is 5.69 Å². The highest BCUT2D eigenvalue weighted by atomic mass is 16.5. The SMILES string of the molecule is CC1Oc2ccc(CNCc3ccc(CNCc4ccc5c(c4)N=C(N)C(C)O5)cc3)cc2NC1=O. The number of amides is 1. The van der Waals surface area contributed by atoms with Crippen LogP contribution in [0.5, 0.6) is 11.5 Å². The van der Waals surface area contributed by atoms with Gasteiger partial charge in [-0.1, -0.05) is 36.4 Å². The zero-order chi connectivity index (χ0) is 25.1. The van der Waals surface area contributed by atoms with Crippen molar-refractivity contribution < 1.29 is 14.3 Å². The average molecular weight is 486 g/mol. The molecule has 36 heavy (non-hydrogen) atoms. The Bertz CT molecular complexity index is 1290. The molecule has 3 aromatic carbocycles. The molecule has 3 aromatic rings. The number of aliphatic imine (C=N–C) groups is 1. The summed E-state index contributed by atoms with van der Waals surface area (Å²) in [4.78, 5) is 16.3. The van der Waals surface area contributed by atoms with Crippen LogP contribution in [0.4, 0.5) is 11.4 Å². The van der Waals surface area contributed by atoms with Gasteiger partial charge in [0.2, 0.25) is 0 Å². The highest BCUT2D eigenvalue weighted by molar-refractivity contribution is 5.97. The van der Waals surface area contributed by atoms with Crippen LogP contribution < -0.4 is 31.2 Å². The normalized spacial score (nSPS) is 18.3. The fraction of sp³-hybridized carbons (Fsp3) is 0.286. The van der Waals surface area contributed by atoms with Crippen molar-refractivity contribution in [2.24, 2.45) is 10.7 Å². The van der Waals surface area contributed by atoms with E-state index in [1.165, 1.54) is 11.1 Å². The van der Waals surface area contributed by atoms with Gasteiger partial charge in [0.25, 0.3) is 5.91 Å². The van der Waals surface area contributed by atoms with E-state index in [1.807, 2.05) is 43.3 Å². The van der Waals surface area contributed by atoms with Crippen LogP contribution in [0.3, 0.4) is 0 Å². The zero-order valence-corrected chi connectivity index (χ0v) is 20.5. The van der Waals surface area contributed by atoms with E-state index in [9.17, 15) is 4.79 Å². The monoisotopic (exact) mass is 485 g/mol. The zero-order valence-electron chi connectivity index (χ0n) is 20.5. The maximum atomic E-state index is 11.8. The van der Waals surface area contributed by atoms with E-state index in [1.54, 1.807) is 6.92 Å². The third kappa shape index (κ3) is 5.50. The molecule has 0 saturated carbocycles. The van der Waals surface area contributed by atoms with Gasteiger partial charge in [-0.2, -0.15) is 0 Å².